The molecule has 1 radical (unpaired) electrons. The van der Waals surface area contributed by atoms with Crippen molar-refractivity contribution in [1.82, 2.24) is 19.9 Å². The zero-order chi connectivity index (χ0) is 19.7. The first-order valence-corrected chi connectivity index (χ1v) is 11.3. The number of hydrogen-bond acceptors (Lipinski definition) is 7. The minimum absolute atomic E-state index is 0.142. The summed E-state index contributed by atoms with van der Waals surface area (Å²) in [6.45, 7) is 4.04. The van der Waals surface area contributed by atoms with Gasteiger partial charge in [0.1, 0.15) is 11.5 Å². The van der Waals surface area contributed by atoms with E-state index in [0.29, 0.717) is 42.8 Å². The molecule has 0 amide bonds. The summed E-state index contributed by atoms with van der Waals surface area (Å²) in [5.74, 6) is 0.985. The number of ether oxygens (including phenoxy) is 1. The Hall–Kier alpha value is -2.52. The summed E-state index contributed by atoms with van der Waals surface area (Å²) in [4.78, 5) is 19.0. The van der Waals surface area contributed by atoms with Gasteiger partial charge in [0.15, 0.2) is 15.7 Å². The van der Waals surface area contributed by atoms with Crippen LogP contribution in [0.5, 0.6) is 0 Å². The molecule has 0 unspecified atom stereocenters. The van der Waals surface area contributed by atoms with E-state index in [-0.39, 0.29) is 11.8 Å². The molecule has 8 nitrogen and oxygen atoms in total. The summed E-state index contributed by atoms with van der Waals surface area (Å²) in [6.07, 6.45) is 5.02. The number of rotatable bonds is 5. The second kappa shape index (κ2) is 7.48. The summed E-state index contributed by atoms with van der Waals surface area (Å²) in [6, 6.07) is 7.43. The number of aromatic amines is 1. The van der Waals surface area contributed by atoms with Crippen LogP contribution in [0, 0.1) is 6.20 Å². The Bertz CT molecular complexity index is 1100. The van der Waals surface area contributed by atoms with Crippen molar-refractivity contribution in [3.63, 3.8) is 0 Å². The molecule has 0 spiro atoms. The Morgan fingerprint density at radius 1 is 1.32 bits per heavy atom. The van der Waals surface area contributed by atoms with E-state index in [2.05, 4.69) is 33.0 Å². The van der Waals surface area contributed by atoms with Crippen molar-refractivity contribution >= 4 is 26.7 Å². The molecule has 4 rings (SSSR count). The molecule has 1 aliphatic heterocycles. The molecular weight excluding hydrogens is 378 g/mol. The van der Waals surface area contributed by atoms with E-state index in [1.807, 2.05) is 12.1 Å². The van der Waals surface area contributed by atoms with E-state index in [1.165, 1.54) is 6.26 Å². The minimum Gasteiger partial charge on any atom is -0.377 e. The van der Waals surface area contributed by atoms with E-state index >= 15 is 0 Å². The Labute approximate surface area is 163 Å². The van der Waals surface area contributed by atoms with Gasteiger partial charge in [0.05, 0.1) is 47.9 Å². The van der Waals surface area contributed by atoms with Gasteiger partial charge in [-0.25, -0.2) is 23.4 Å². The molecular formula is C19H22N5O3S. The van der Waals surface area contributed by atoms with Crippen LogP contribution in [0.2, 0.25) is 0 Å². The zero-order valence-electron chi connectivity index (χ0n) is 15.8. The molecule has 0 saturated carbocycles. The van der Waals surface area contributed by atoms with Crippen LogP contribution >= 0.6 is 0 Å². The van der Waals surface area contributed by atoms with Crippen molar-refractivity contribution in [3.8, 4) is 11.5 Å². The Morgan fingerprint density at radius 2 is 2.18 bits per heavy atom. The van der Waals surface area contributed by atoms with E-state index in [0.717, 1.165) is 17.5 Å². The number of sulfone groups is 1. The van der Waals surface area contributed by atoms with Crippen molar-refractivity contribution in [1.29, 1.82) is 0 Å². The first kappa shape index (κ1) is 18.8. The maximum absolute atomic E-state index is 11.9. The maximum Gasteiger partial charge on any atom is 0.180 e. The second-order valence-corrected chi connectivity index (χ2v) is 9.12. The van der Waals surface area contributed by atoms with Gasteiger partial charge in [-0.3, -0.25) is 0 Å². The third-order valence-corrected chi connectivity index (χ3v) is 5.56. The molecule has 0 aliphatic carbocycles. The molecule has 0 bridgehead atoms. The maximum atomic E-state index is 11.9. The molecule has 0 aromatic carbocycles. The lowest BCUT2D eigenvalue weighted by Crippen LogP contribution is -2.45. The van der Waals surface area contributed by atoms with Crippen LogP contribution < -0.4 is 4.90 Å². The molecule has 9 heteroatoms. The normalized spacial score (nSPS) is 17.9. The van der Waals surface area contributed by atoms with Gasteiger partial charge >= 0.3 is 0 Å². The van der Waals surface area contributed by atoms with Crippen LogP contribution in [0.3, 0.4) is 0 Å². The van der Waals surface area contributed by atoms with Gasteiger partial charge < -0.3 is 14.6 Å². The van der Waals surface area contributed by atoms with Crippen LogP contribution in [-0.2, 0) is 20.3 Å². The molecule has 1 fully saturated rings. The minimum atomic E-state index is -3.23. The molecule has 3 aromatic rings. The smallest absolute Gasteiger partial charge is 0.180 e. The number of nitrogens with zero attached hydrogens (tertiary/aromatic N) is 4. The van der Waals surface area contributed by atoms with Gasteiger partial charge in [-0.1, -0.05) is 6.92 Å². The van der Waals surface area contributed by atoms with Crippen molar-refractivity contribution in [2.24, 2.45) is 0 Å². The summed E-state index contributed by atoms with van der Waals surface area (Å²) in [5.41, 5.74) is 2.69. The highest BCUT2D eigenvalue weighted by atomic mass is 32.2. The standard InChI is InChI=1S/C19H22N5O3S/c1-3-14-11-27-9-8-24(14)18-10-13(12-28(2,25)26)21-19(23-18)17-5-4-15-16(22-17)6-7-20-15/h4-6,10,14,20H,3,8-9,11-12H2,1-2H3/t14-/m0/s1. The van der Waals surface area contributed by atoms with Crippen molar-refractivity contribution < 1.29 is 13.2 Å². The van der Waals surface area contributed by atoms with Crippen LogP contribution in [0.1, 0.15) is 19.0 Å². The number of fused-ring (bicyclic) bond motifs is 1. The Morgan fingerprint density at radius 3 is 2.96 bits per heavy atom. The summed E-state index contributed by atoms with van der Waals surface area (Å²) in [7, 11) is -3.23. The number of morpholine rings is 1. The number of anilines is 1. The molecule has 1 atom stereocenters. The van der Waals surface area contributed by atoms with Gasteiger partial charge in [-0.2, -0.15) is 0 Å². The number of H-pyrrole nitrogens is 1. The average Bonchev–Trinajstić information content (AvgIpc) is 3.14. The Balaban J connectivity index is 1.81. The fraction of sp³-hybridized carbons (Fsp3) is 0.421. The quantitative estimate of drug-likeness (QED) is 0.699. The third kappa shape index (κ3) is 4.00. The summed E-state index contributed by atoms with van der Waals surface area (Å²) in [5, 5.41) is 0. The highest BCUT2D eigenvalue weighted by molar-refractivity contribution is 7.89. The second-order valence-electron chi connectivity index (χ2n) is 6.98. The summed E-state index contributed by atoms with van der Waals surface area (Å²) >= 11 is 0. The zero-order valence-corrected chi connectivity index (χ0v) is 16.7. The van der Waals surface area contributed by atoms with Gasteiger partial charge in [0.25, 0.3) is 0 Å². The van der Waals surface area contributed by atoms with E-state index in [9.17, 15) is 8.42 Å². The van der Waals surface area contributed by atoms with E-state index in [4.69, 9.17) is 9.72 Å². The van der Waals surface area contributed by atoms with Crippen LogP contribution in [0.4, 0.5) is 5.82 Å². The fourth-order valence-corrected chi connectivity index (χ4v) is 4.06. The van der Waals surface area contributed by atoms with Gasteiger partial charge in [0, 0.05) is 18.9 Å². The van der Waals surface area contributed by atoms with Crippen molar-refractivity contribution in [3.05, 3.63) is 36.2 Å². The number of aromatic nitrogens is 4. The first-order valence-electron chi connectivity index (χ1n) is 9.19. The van der Waals surface area contributed by atoms with Gasteiger partial charge in [-0.05, 0) is 24.6 Å². The average molecular weight is 400 g/mol. The predicted octanol–water partition coefficient (Wildman–Crippen LogP) is 1.98. The molecule has 4 heterocycles. The van der Waals surface area contributed by atoms with Crippen LogP contribution in [0.15, 0.2) is 24.3 Å². The molecule has 1 saturated heterocycles. The lowest BCUT2D eigenvalue weighted by atomic mass is 10.1. The molecule has 3 aromatic heterocycles. The largest absolute Gasteiger partial charge is 0.377 e. The fourth-order valence-electron chi connectivity index (χ4n) is 3.38. The number of pyridine rings is 1. The monoisotopic (exact) mass is 400 g/mol. The van der Waals surface area contributed by atoms with Crippen LogP contribution in [0.25, 0.3) is 22.6 Å². The van der Waals surface area contributed by atoms with Crippen LogP contribution in [-0.4, -0.2) is 60.4 Å². The SMILES string of the molecule is CC[C@H]1COCCN1c1cc(CS(C)(=O)=O)nc(-c2ccc3[nH][c]cc3n2)n1. The first-order chi connectivity index (χ1) is 13.4. The van der Waals surface area contributed by atoms with Gasteiger partial charge in [0.2, 0.25) is 0 Å². The topological polar surface area (TPSA) is 101 Å². The molecule has 147 valence electrons. The highest BCUT2D eigenvalue weighted by Crippen LogP contribution is 2.25. The molecule has 1 aliphatic rings. The van der Waals surface area contributed by atoms with Crippen molar-refractivity contribution in [2.45, 2.75) is 25.1 Å². The van der Waals surface area contributed by atoms with Crippen molar-refractivity contribution in [2.75, 3.05) is 30.9 Å². The molecule has 1 N–H and O–H groups in total. The van der Waals surface area contributed by atoms with E-state index < -0.39 is 9.84 Å². The van der Waals surface area contributed by atoms with Gasteiger partial charge in [-0.15, -0.1) is 0 Å². The lowest BCUT2D eigenvalue weighted by molar-refractivity contribution is 0.0925. The number of nitrogens with one attached hydrogen (secondary N) is 1. The highest BCUT2D eigenvalue weighted by Gasteiger charge is 2.24. The summed E-state index contributed by atoms with van der Waals surface area (Å²) < 4.78 is 29.3. The molecule has 28 heavy (non-hydrogen) atoms. The third-order valence-electron chi connectivity index (χ3n) is 4.74. The Kier molecular flexibility index (Phi) is 5.03. The predicted molar refractivity (Wildman–Crippen MR) is 107 cm³/mol. The number of hydrogen-bond donors (Lipinski definition) is 1. The van der Waals surface area contributed by atoms with E-state index in [1.54, 1.807) is 12.1 Å². The lowest BCUT2D eigenvalue weighted by Gasteiger charge is -2.36.